The van der Waals surface area contributed by atoms with Crippen LogP contribution in [0.3, 0.4) is 0 Å². The van der Waals surface area contributed by atoms with Crippen LogP contribution in [0.25, 0.3) is 11.8 Å². The van der Waals surface area contributed by atoms with Gasteiger partial charge in [0.1, 0.15) is 12.2 Å². The highest BCUT2D eigenvalue weighted by Crippen LogP contribution is 2.27. The Morgan fingerprint density at radius 3 is 2.61 bits per heavy atom. The van der Waals surface area contributed by atoms with Crippen molar-refractivity contribution in [3.8, 4) is 5.69 Å². The quantitative estimate of drug-likeness (QED) is 0.485. The smallest absolute Gasteiger partial charge is 0.329 e. The lowest BCUT2D eigenvalue weighted by Gasteiger charge is -2.13. The lowest BCUT2D eigenvalue weighted by Crippen LogP contribution is -2.36. The summed E-state index contributed by atoms with van der Waals surface area (Å²) >= 11 is 6.16. The molecule has 1 aromatic heterocycles. The van der Waals surface area contributed by atoms with E-state index < -0.39 is 24.5 Å². The van der Waals surface area contributed by atoms with Crippen LogP contribution in [0.15, 0.2) is 30.0 Å². The molecule has 28 heavy (non-hydrogen) atoms. The Morgan fingerprint density at radius 1 is 1.21 bits per heavy atom. The average molecular weight is 402 g/mol. The number of nitrogens with one attached hydrogen (secondary N) is 1. The number of benzene rings is 1. The van der Waals surface area contributed by atoms with Crippen LogP contribution in [-0.2, 0) is 14.3 Å². The largest absolute Gasteiger partial charge is 0.468 e. The van der Waals surface area contributed by atoms with Crippen molar-refractivity contribution in [1.82, 2.24) is 14.8 Å². The summed E-state index contributed by atoms with van der Waals surface area (Å²) in [5, 5.41) is 3.14. The molecule has 0 atom stereocenters. The number of methoxy groups -OCH3 is 1. The monoisotopic (exact) mass is 401 g/mol. The third-order valence-electron chi connectivity index (χ3n) is 4.66. The number of aromatic nitrogens is 1. The molecule has 146 valence electrons. The predicted octanol–water partition coefficient (Wildman–Crippen LogP) is 3.12. The van der Waals surface area contributed by atoms with Gasteiger partial charge in [-0.1, -0.05) is 17.7 Å². The van der Waals surface area contributed by atoms with Gasteiger partial charge >= 0.3 is 12.0 Å². The number of amides is 3. The highest BCUT2D eigenvalue weighted by molar-refractivity contribution is 6.30. The Bertz CT molecular complexity index is 1020. The third-order valence-corrected chi connectivity index (χ3v) is 4.89. The first-order valence-corrected chi connectivity index (χ1v) is 8.97. The fourth-order valence-electron chi connectivity index (χ4n) is 3.19. The molecule has 0 radical (unpaired) electrons. The molecule has 1 aromatic carbocycles. The van der Waals surface area contributed by atoms with Crippen molar-refractivity contribution in [2.24, 2.45) is 0 Å². The zero-order valence-electron chi connectivity index (χ0n) is 16.0. The van der Waals surface area contributed by atoms with Crippen LogP contribution in [0, 0.1) is 20.8 Å². The normalized spacial score (nSPS) is 15.3. The van der Waals surface area contributed by atoms with Gasteiger partial charge in [0.25, 0.3) is 5.91 Å². The Morgan fingerprint density at radius 2 is 1.93 bits per heavy atom. The summed E-state index contributed by atoms with van der Waals surface area (Å²) in [7, 11) is 1.20. The summed E-state index contributed by atoms with van der Waals surface area (Å²) in [6.07, 6.45) is 1.61. The molecule has 1 fully saturated rings. The van der Waals surface area contributed by atoms with Gasteiger partial charge in [-0.15, -0.1) is 0 Å². The highest BCUT2D eigenvalue weighted by Gasteiger charge is 2.35. The maximum atomic E-state index is 12.5. The van der Waals surface area contributed by atoms with Crippen LogP contribution in [-0.4, -0.2) is 41.0 Å². The second kappa shape index (κ2) is 7.52. The molecule has 0 aliphatic carbocycles. The highest BCUT2D eigenvalue weighted by atomic mass is 35.5. The van der Waals surface area contributed by atoms with Gasteiger partial charge in [0.15, 0.2) is 0 Å². The molecule has 3 rings (SSSR count). The molecule has 3 amide bonds. The molecular formula is C20H20ClN3O4. The molecular weight excluding hydrogens is 382 g/mol. The fourth-order valence-corrected chi connectivity index (χ4v) is 3.36. The molecule has 1 aliphatic rings. The number of hydrogen-bond donors (Lipinski definition) is 1. The summed E-state index contributed by atoms with van der Waals surface area (Å²) in [6, 6.07) is 6.93. The summed E-state index contributed by atoms with van der Waals surface area (Å²) in [5.41, 5.74) is 4.74. The first-order valence-electron chi connectivity index (χ1n) is 8.59. The Hall–Kier alpha value is -3.06. The molecule has 0 spiro atoms. The van der Waals surface area contributed by atoms with Crippen molar-refractivity contribution < 1.29 is 19.1 Å². The van der Waals surface area contributed by atoms with Crippen molar-refractivity contribution in [1.29, 1.82) is 0 Å². The lowest BCUT2D eigenvalue weighted by molar-refractivity contribution is -0.143. The summed E-state index contributed by atoms with van der Waals surface area (Å²) < 4.78 is 6.57. The summed E-state index contributed by atoms with van der Waals surface area (Å²) in [4.78, 5) is 36.7. The number of carbonyl (C=O) groups excluding carboxylic acids is 3. The maximum Gasteiger partial charge on any atom is 0.329 e. The van der Waals surface area contributed by atoms with Gasteiger partial charge in [0.05, 0.1) is 7.11 Å². The van der Waals surface area contributed by atoms with Crippen LogP contribution in [0.4, 0.5) is 4.79 Å². The minimum absolute atomic E-state index is 0.108. The van der Waals surface area contributed by atoms with Crippen LogP contribution < -0.4 is 5.32 Å². The first-order chi connectivity index (χ1) is 13.2. The van der Waals surface area contributed by atoms with Crippen LogP contribution in [0.1, 0.15) is 22.5 Å². The second-order valence-corrected chi connectivity index (χ2v) is 6.98. The number of carbonyl (C=O) groups is 3. The minimum Gasteiger partial charge on any atom is -0.468 e. The van der Waals surface area contributed by atoms with Gasteiger partial charge < -0.3 is 14.6 Å². The number of ether oxygens (including phenoxy) is 1. The molecule has 0 unspecified atom stereocenters. The molecule has 2 heterocycles. The molecule has 7 nitrogen and oxygen atoms in total. The van der Waals surface area contributed by atoms with E-state index in [2.05, 4.69) is 10.1 Å². The van der Waals surface area contributed by atoms with Gasteiger partial charge in [-0.2, -0.15) is 0 Å². The number of esters is 1. The molecule has 0 saturated carbocycles. The van der Waals surface area contributed by atoms with Gasteiger partial charge in [0, 0.05) is 22.1 Å². The van der Waals surface area contributed by atoms with E-state index >= 15 is 0 Å². The van der Waals surface area contributed by atoms with Crippen LogP contribution >= 0.6 is 11.6 Å². The summed E-state index contributed by atoms with van der Waals surface area (Å²) in [6.45, 7) is 5.44. The van der Waals surface area contributed by atoms with Crippen molar-refractivity contribution in [2.45, 2.75) is 20.8 Å². The molecule has 2 aromatic rings. The van der Waals surface area contributed by atoms with Crippen LogP contribution in [0.5, 0.6) is 0 Å². The zero-order chi connectivity index (χ0) is 20.6. The minimum atomic E-state index is -0.667. The number of aryl methyl sites for hydroxylation is 2. The van der Waals surface area contributed by atoms with E-state index in [1.807, 2.05) is 49.6 Å². The molecule has 8 heteroatoms. The number of rotatable bonds is 4. The van der Waals surface area contributed by atoms with Gasteiger partial charge in [-0.3, -0.25) is 9.59 Å². The SMILES string of the molecule is COC(=O)CN1C(=O)N/C(=C/c2cc(C)n(-c3cc(Cl)ccc3C)c2C)C1=O. The molecule has 1 aliphatic heterocycles. The number of urea groups is 1. The zero-order valence-corrected chi connectivity index (χ0v) is 16.8. The first kappa shape index (κ1) is 19.7. The number of halogens is 1. The van der Waals surface area contributed by atoms with Crippen LogP contribution in [0.2, 0.25) is 5.02 Å². The molecule has 0 bridgehead atoms. The van der Waals surface area contributed by atoms with Crippen molar-refractivity contribution in [3.63, 3.8) is 0 Å². The average Bonchev–Trinajstić information content (AvgIpc) is 3.07. The lowest BCUT2D eigenvalue weighted by atomic mass is 10.2. The second-order valence-electron chi connectivity index (χ2n) is 6.55. The van der Waals surface area contributed by atoms with Crippen molar-refractivity contribution in [3.05, 3.63) is 57.5 Å². The Balaban J connectivity index is 1.98. The number of hydrogen-bond acceptors (Lipinski definition) is 4. The van der Waals surface area contributed by atoms with Gasteiger partial charge in [0.2, 0.25) is 0 Å². The van der Waals surface area contributed by atoms with E-state index in [1.165, 1.54) is 7.11 Å². The topological polar surface area (TPSA) is 80.6 Å². The number of nitrogens with zero attached hydrogens (tertiary/aromatic N) is 2. The van der Waals surface area contributed by atoms with E-state index in [0.717, 1.165) is 33.1 Å². The molecule has 1 N–H and O–H groups in total. The van der Waals surface area contributed by atoms with E-state index in [4.69, 9.17) is 11.6 Å². The Labute approximate surface area is 167 Å². The maximum absolute atomic E-state index is 12.5. The Kier molecular flexibility index (Phi) is 5.29. The summed E-state index contributed by atoms with van der Waals surface area (Å²) in [5.74, 6) is -1.24. The fraction of sp³-hybridized carbons (Fsp3) is 0.250. The van der Waals surface area contributed by atoms with Gasteiger partial charge in [-0.05, 0) is 56.2 Å². The standard InChI is InChI=1S/C20H20ClN3O4/c1-11-5-6-15(21)9-17(11)24-12(2)7-14(13(24)3)8-16-19(26)23(20(27)22-16)10-18(25)28-4/h5-9H,10H2,1-4H3,(H,22,27)/b16-8+. The van der Waals surface area contributed by atoms with E-state index in [-0.39, 0.29) is 5.70 Å². The van der Waals surface area contributed by atoms with Crippen molar-refractivity contribution >= 4 is 35.6 Å². The third kappa shape index (κ3) is 3.53. The molecule has 1 saturated heterocycles. The van der Waals surface area contributed by atoms with E-state index in [1.54, 1.807) is 6.08 Å². The van der Waals surface area contributed by atoms with E-state index in [9.17, 15) is 14.4 Å². The predicted molar refractivity (Wildman–Crippen MR) is 105 cm³/mol. The van der Waals surface area contributed by atoms with Crippen molar-refractivity contribution in [2.75, 3.05) is 13.7 Å². The van der Waals surface area contributed by atoms with E-state index in [0.29, 0.717) is 5.02 Å². The number of imide groups is 1. The van der Waals surface area contributed by atoms with Gasteiger partial charge in [-0.25, -0.2) is 9.69 Å².